The van der Waals surface area contributed by atoms with Gasteiger partial charge in [-0.25, -0.2) is 0 Å². The summed E-state index contributed by atoms with van der Waals surface area (Å²) < 4.78 is 5.72. The molecule has 0 aromatic heterocycles. The molecule has 4 heteroatoms. The highest BCUT2D eigenvalue weighted by Crippen LogP contribution is 2.13. The van der Waals surface area contributed by atoms with Gasteiger partial charge in [0, 0.05) is 19.3 Å². The fourth-order valence-corrected chi connectivity index (χ4v) is 2.24. The number of hydrogen-bond acceptors (Lipinski definition) is 3. The Morgan fingerprint density at radius 1 is 1.04 bits per heavy atom. The zero-order chi connectivity index (χ0) is 16.7. The minimum Gasteiger partial charge on any atom is -0.492 e. The molecule has 0 heterocycles. The van der Waals surface area contributed by atoms with Crippen molar-refractivity contribution >= 4 is 11.6 Å². The molecule has 2 rings (SSSR count). The van der Waals surface area contributed by atoms with Gasteiger partial charge in [-0.1, -0.05) is 30.3 Å². The predicted octanol–water partition coefficient (Wildman–Crippen LogP) is 2.97. The Balaban J connectivity index is 1.76. The second kappa shape index (κ2) is 8.34. The van der Waals surface area contributed by atoms with Gasteiger partial charge in [0.1, 0.15) is 12.4 Å². The number of likely N-dealkylation sites (N-methyl/N-ethyl adjacent to an activating group) is 2. The molecule has 0 bridgehead atoms. The van der Waals surface area contributed by atoms with E-state index in [2.05, 4.69) is 0 Å². The summed E-state index contributed by atoms with van der Waals surface area (Å²) in [6, 6.07) is 17.6. The van der Waals surface area contributed by atoms with E-state index in [1.807, 2.05) is 73.5 Å². The van der Waals surface area contributed by atoms with Crippen molar-refractivity contribution in [3.8, 4) is 5.75 Å². The standard InChI is InChI=1S/C19H24N2O2/c1-16-8-7-11-18(14-16)23-13-12-20(2)15-19(22)21(3)17-9-5-4-6-10-17/h4-11,14H,12-13,15H2,1-3H3. The number of ether oxygens (including phenoxy) is 1. The number of carbonyl (C=O) groups is 1. The SMILES string of the molecule is Cc1cccc(OCCN(C)CC(=O)N(C)c2ccccc2)c1. The van der Waals surface area contributed by atoms with E-state index >= 15 is 0 Å². The van der Waals surface area contributed by atoms with Crippen molar-refractivity contribution in [1.29, 1.82) is 0 Å². The van der Waals surface area contributed by atoms with Gasteiger partial charge in [-0.3, -0.25) is 9.69 Å². The molecular weight excluding hydrogens is 288 g/mol. The number of rotatable bonds is 7. The summed E-state index contributed by atoms with van der Waals surface area (Å²) in [6.45, 7) is 3.66. The lowest BCUT2D eigenvalue weighted by atomic mass is 10.2. The molecule has 2 aromatic carbocycles. The monoisotopic (exact) mass is 312 g/mol. The average molecular weight is 312 g/mol. The van der Waals surface area contributed by atoms with Gasteiger partial charge in [-0.15, -0.1) is 0 Å². The Morgan fingerprint density at radius 3 is 2.48 bits per heavy atom. The number of carbonyl (C=O) groups excluding carboxylic acids is 1. The number of aryl methyl sites for hydroxylation is 1. The molecule has 0 spiro atoms. The van der Waals surface area contributed by atoms with Crippen LogP contribution < -0.4 is 9.64 Å². The zero-order valence-corrected chi connectivity index (χ0v) is 14.0. The van der Waals surface area contributed by atoms with Gasteiger partial charge in [0.05, 0.1) is 6.54 Å². The first-order chi connectivity index (χ1) is 11.1. The van der Waals surface area contributed by atoms with Crippen molar-refractivity contribution in [2.24, 2.45) is 0 Å². The van der Waals surface area contributed by atoms with Gasteiger partial charge >= 0.3 is 0 Å². The number of para-hydroxylation sites is 1. The Kier molecular flexibility index (Phi) is 6.18. The highest BCUT2D eigenvalue weighted by atomic mass is 16.5. The van der Waals surface area contributed by atoms with Gasteiger partial charge in [0.2, 0.25) is 5.91 Å². The molecular formula is C19H24N2O2. The van der Waals surface area contributed by atoms with Gasteiger partial charge in [-0.05, 0) is 43.8 Å². The lowest BCUT2D eigenvalue weighted by molar-refractivity contribution is -0.119. The predicted molar refractivity (Wildman–Crippen MR) is 94.0 cm³/mol. The highest BCUT2D eigenvalue weighted by molar-refractivity contribution is 5.94. The van der Waals surface area contributed by atoms with E-state index in [0.29, 0.717) is 19.7 Å². The third kappa shape index (κ3) is 5.42. The molecule has 122 valence electrons. The minimum atomic E-state index is 0.0641. The molecule has 0 aliphatic heterocycles. The van der Waals surface area contributed by atoms with Crippen molar-refractivity contribution in [2.75, 3.05) is 38.7 Å². The van der Waals surface area contributed by atoms with Crippen LogP contribution in [-0.4, -0.2) is 44.6 Å². The number of hydrogen-bond donors (Lipinski definition) is 0. The van der Waals surface area contributed by atoms with E-state index in [1.54, 1.807) is 11.9 Å². The zero-order valence-electron chi connectivity index (χ0n) is 14.0. The van der Waals surface area contributed by atoms with Gasteiger partial charge in [0.15, 0.2) is 0 Å². The molecule has 1 amide bonds. The van der Waals surface area contributed by atoms with Crippen LogP contribution in [0.15, 0.2) is 54.6 Å². The largest absolute Gasteiger partial charge is 0.492 e. The fraction of sp³-hybridized carbons (Fsp3) is 0.316. The lowest BCUT2D eigenvalue weighted by Gasteiger charge is -2.22. The van der Waals surface area contributed by atoms with Crippen LogP contribution in [0.1, 0.15) is 5.56 Å². The van der Waals surface area contributed by atoms with Crippen LogP contribution in [0.3, 0.4) is 0 Å². The lowest BCUT2D eigenvalue weighted by Crippen LogP contribution is -2.38. The maximum Gasteiger partial charge on any atom is 0.240 e. The third-order valence-electron chi connectivity index (χ3n) is 3.65. The molecule has 23 heavy (non-hydrogen) atoms. The van der Waals surface area contributed by atoms with Crippen molar-refractivity contribution in [1.82, 2.24) is 4.90 Å². The Labute approximate surface area is 138 Å². The second-order valence-corrected chi connectivity index (χ2v) is 5.69. The summed E-state index contributed by atoms with van der Waals surface area (Å²) in [6.07, 6.45) is 0. The molecule has 0 fully saturated rings. The third-order valence-corrected chi connectivity index (χ3v) is 3.65. The molecule has 0 radical (unpaired) electrons. The number of amides is 1. The maximum atomic E-state index is 12.3. The molecule has 0 N–H and O–H groups in total. The number of anilines is 1. The first-order valence-corrected chi connectivity index (χ1v) is 7.76. The van der Waals surface area contributed by atoms with E-state index in [1.165, 1.54) is 5.56 Å². The van der Waals surface area contributed by atoms with Crippen LogP contribution in [0.2, 0.25) is 0 Å². The molecule has 4 nitrogen and oxygen atoms in total. The van der Waals surface area contributed by atoms with Crippen LogP contribution in [-0.2, 0) is 4.79 Å². The molecule has 0 saturated carbocycles. The number of benzene rings is 2. The fourth-order valence-electron chi connectivity index (χ4n) is 2.24. The van der Waals surface area contributed by atoms with Crippen molar-refractivity contribution in [2.45, 2.75) is 6.92 Å². The van der Waals surface area contributed by atoms with Crippen LogP contribution >= 0.6 is 0 Å². The Morgan fingerprint density at radius 2 is 1.78 bits per heavy atom. The first-order valence-electron chi connectivity index (χ1n) is 7.76. The van der Waals surface area contributed by atoms with Crippen LogP contribution in [0.25, 0.3) is 0 Å². The molecule has 0 aliphatic rings. The summed E-state index contributed by atoms with van der Waals surface area (Å²) >= 11 is 0. The van der Waals surface area contributed by atoms with E-state index in [0.717, 1.165) is 11.4 Å². The molecule has 0 atom stereocenters. The topological polar surface area (TPSA) is 32.8 Å². The normalized spacial score (nSPS) is 10.6. The minimum absolute atomic E-state index is 0.0641. The summed E-state index contributed by atoms with van der Waals surface area (Å²) in [5.74, 6) is 0.931. The number of nitrogens with zero attached hydrogens (tertiary/aromatic N) is 2. The Hall–Kier alpha value is -2.33. The summed E-state index contributed by atoms with van der Waals surface area (Å²) in [4.78, 5) is 15.9. The van der Waals surface area contributed by atoms with Gasteiger partial charge < -0.3 is 9.64 Å². The van der Waals surface area contributed by atoms with Crippen molar-refractivity contribution in [3.63, 3.8) is 0 Å². The van der Waals surface area contributed by atoms with Crippen LogP contribution in [0, 0.1) is 6.92 Å². The maximum absolute atomic E-state index is 12.3. The molecule has 0 saturated heterocycles. The quantitative estimate of drug-likeness (QED) is 0.788. The smallest absolute Gasteiger partial charge is 0.240 e. The molecule has 2 aromatic rings. The summed E-state index contributed by atoms with van der Waals surface area (Å²) in [7, 11) is 3.73. The highest BCUT2D eigenvalue weighted by Gasteiger charge is 2.13. The van der Waals surface area contributed by atoms with Gasteiger partial charge in [0.25, 0.3) is 0 Å². The Bertz CT molecular complexity index is 628. The van der Waals surface area contributed by atoms with Gasteiger partial charge in [-0.2, -0.15) is 0 Å². The van der Waals surface area contributed by atoms with E-state index < -0.39 is 0 Å². The second-order valence-electron chi connectivity index (χ2n) is 5.69. The van der Waals surface area contributed by atoms with E-state index in [4.69, 9.17) is 4.74 Å². The van der Waals surface area contributed by atoms with Crippen LogP contribution in [0.4, 0.5) is 5.69 Å². The van der Waals surface area contributed by atoms with Crippen molar-refractivity contribution < 1.29 is 9.53 Å². The van der Waals surface area contributed by atoms with Crippen LogP contribution in [0.5, 0.6) is 5.75 Å². The molecule has 0 aliphatic carbocycles. The molecule has 0 unspecified atom stereocenters. The van der Waals surface area contributed by atoms with Crippen molar-refractivity contribution in [3.05, 3.63) is 60.2 Å². The van der Waals surface area contributed by atoms with E-state index in [9.17, 15) is 4.79 Å². The first kappa shape index (κ1) is 17.0. The van der Waals surface area contributed by atoms with E-state index in [-0.39, 0.29) is 5.91 Å². The average Bonchev–Trinajstić information content (AvgIpc) is 2.55. The summed E-state index contributed by atoms with van der Waals surface area (Å²) in [5, 5.41) is 0. The summed E-state index contributed by atoms with van der Waals surface area (Å²) in [5.41, 5.74) is 2.08.